The Bertz CT molecular complexity index is 917. The van der Waals surface area contributed by atoms with Crippen molar-refractivity contribution in [3.8, 4) is 0 Å². The molecule has 0 atom stereocenters. The van der Waals surface area contributed by atoms with Crippen molar-refractivity contribution in [1.82, 2.24) is 24.5 Å². The number of hydrogen-bond donors (Lipinski definition) is 1. The maximum atomic E-state index is 12.8. The van der Waals surface area contributed by atoms with Crippen LogP contribution in [0.5, 0.6) is 0 Å². The molecule has 0 saturated carbocycles. The lowest BCUT2D eigenvalue weighted by Crippen LogP contribution is -2.16. The SMILES string of the molecule is Cc1cnc(C(=O)n2cnc3c(Br)nc(N)nc32)c(C)c1C. The molecule has 3 aromatic rings. The number of pyridine rings is 1. The maximum Gasteiger partial charge on any atom is 0.283 e. The molecule has 0 aliphatic heterocycles. The first-order valence-electron chi connectivity index (χ1n) is 6.53. The molecule has 3 aromatic heterocycles. The molecule has 0 aliphatic carbocycles. The van der Waals surface area contributed by atoms with Gasteiger partial charge in [0.25, 0.3) is 5.91 Å². The van der Waals surface area contributed by atoms with E-state index in [1.54, 1.807) is 6.20 Å². The Kier molecular flexibility index (Phi) is 3.40. The molecule has 3 rings (SSSR count). The molecule has 0 amide bonds. The van der Waals surface area contributed by atoms with Crippen LogP contribution in [0.1, 0.15) is 27.2 Å². The van der Waals surface area contributed by atoms with Gasteiger partial charge in [-0.1, -0.05) is 0 Å². The lowest BCUT2D eigenvalue weighted by atomic mass is 10.0. The van der Waals surface area contributed by atoms with Gasteiger partial charge >= 0.3 is 0 Å². The van der Waals surface area contributed by atoms with Gasteiger partial charge in [-0.05, 0) is 53.4 Å². The molecular weight excluding hydrogens is 348 g/mol. The van der Waals surface area contributed by atoms with Gasteiger partial charge < -0.3 is 5.73 Å². The van der Waals surface area contributed by atoms with Crippen LogP contribution in [0.15, 0.2) is 17.1 Å². The summed E-state index contributed by atoms with van der Waals surface area (Å²) in [5.74, 6) is -0.230. The molecule has 2 N–H and O–H groups in total. The second kappa shape index (κ2) is 5.13. The first kappa shape index (κ1) is 14.6. The summed E-state index contributed by atoms with van der Waals surface area (Å²) >= 11 is 3.27. The van der Waals surface area contributed by atoms with Gasteiger partial charge in [-0.2, -0.15) is 4.98 Å². The molecule has 0 unspecified atom stereocenters. The van der Waals surface area contributed by atoms with Crippen molar-refractivity contribution in [2.75, 3.05) is 5.73 Å². The summed E-state index contributed by atoms with van der Waals surface area (Å²) in [6, 6.07) is 0. The monoisotopic (exact) mass is 360 g/mol. The predicted molar refractivity (Wildman–Crippen MR) is 85.6 cm³/mol. The fraction of sp³-hybridized carbons (Fsp3) is 0.214. The molecule has 0 fully saturated rings. The molecule has 112 valence electrons. The first-order chi connectivity index (χ1) is 10.4. The van der Waals surface area contributed by atoms with Crippen LogP contribution in [-0.2, 0) is 0 Å². The Balaban J connectivity index is 2.20. The standard InChI is InChI=1S/C14H13BrN6O/c1-6-4-17-9(8(3)7(6)2)13(22)21-5-18-10-11(15)19-14(16)20-12(10)21/h4-5H,1-3H3,(H2,16,19,20). The number of anilines is 1. The second-order valence-electron chi connectivity index (χ2n) is 5.00. The van der Waals surface area contributed by atoms with E-state index in [1.807, 2.05) is 20.8 Å². The molecule has 8 heteroatoms. The van der Waals surface area contributed by atoms with Crippen LogP contribution in [0.3, 0.4) is 0 Å². The summed E-state index contributed by atoms with van der Waals surface area (Å²) in [7, 11) is 0. The van der Waals surface area contributed by atoms with E-state index in [-0.39, 0.29) is 11.9 Å². The number of carbonyl (C=O) groups excluding carboxylic acids is 1. The summed E-state index contributed by atoms with van der Waals surface area (Å²) in [6.45, 7) is 5.80. The van der Waals surface area contributed by atoms with Crippen LogP contribution in [0, 0.1) is 20.8 Å². The number of nitrogens with zero attached hydrogens (tertiary/aromatic N) is 5. The number of aromatic nitrogens is 5. The third-order valence-electron chi connectivity index (χ3n) is 3.69. The average molecular weight is 361 g/mol. The Morgan fingerprint density at radius 2 is 1.91 bits per heavy atom. The lowest BCUT2D eigenvalue weighted by Gasteiger charge is -2.09. The molecule has 0 spiro atoms. The van der Waals surface area contributed by atoms with Crippen LogP contribution in [0.25, 0.3) is 11.2 Å². The second-order valence-corrected chi connectivity index (χ2v) is 5.76. The minimum atomic E-state index is -0.298. The Morgan fingerprint density at radius 1 is 1.18 bits per heavy atom. The van der Waals surface area contributed by atoms with Crippen LogP contribution < -0.4 is 5.73 Å². The Hall–Kier alpha value is -2.35. The van der Waals surface area contributed by atoms with Crippen LogP contribution in [0.4, 0.5) is 5.95 Å². The Morgan fingerprint density at radius 3 is 2.64 bits per heavy atom. The summed E-state index contributed by atoms with van der Waals surface area (Å²) in [6.07, 6.45) is 3.09. The van der Waals surface area contributed by atoms with Crippen LogP contribution in [0.2, 0.25) is 0 Å². The molecule has 0 radical (unpaired) electrons. The van der Waals surface area contributed by atoms with E-state index >= 15 is 0 Å². The maximum absolute atomic E-state index is 12.8. The van der Waals surface area contributed by atoms with Crippen molar-refractivity contribution >= 4 is 38.9 Å². The first-order valence-corrected chi connectivity index (χ1v) is 7.33. The highest BCUT2D eigenvalue weighted by Gasteiger charge is 2.20. The van der Waals surface area contributed by atoms with Gasteiger partial charge in [-0.25, -0.2) is 14.5 Å². The highest BCUT2D eigenvalue weighted by Crippen LogP contribution is 2.22. The van der Waals surface area contributed by atoms with Gasteiger partial charge in [-0.15, -0.1) is 0 Å². The summed E-state index contributed by atoms with van der Waals surface area (Å²) in [4.78, 5) is 29.3. The highest BCUT2D eigenvalue weighted by molar-refractivity contribution is 9.10. The van der Waals surface area contributed by atoms with E-state index in [0.29, 0.717) is 21.5 Å². The fourth-order valence-corrected chi connectivity index (χ4v) is 2.65. The van der Waals surface area contributed by atoms with E-state index < -0.39 is 0 Å². The van der Waals surface area contributed by atoms with Crippen molar-refractivity contribution in [1.29, 1.82) is 0 Å². The van der Waals surface area contributed by atoms with Gasteiger partial charge in [0.05, 0.1) is 0 Å². The average Bonchev–Trinajstić information content (AvgIpc) is 2.88. The number of nitrogen functional groups attached to an aromatic ring is 1. The lowest BCUT2D eigenvalue weighted by molar-refractivity contribution is 0.0958. The van der Waals surface area contributed by atoms with Gasteiger partial charge in [-0.3, -0.25) is 9.78 Å². The minimum absolute atomic E-state index is 0.0682. The number of imidazole rings is 1. The molecule has 0 bridgehead atoms. The molecular formula is C14H13BrN6O. The highest BCUT2D eigenvalue weighted by atomic mass is 79.9. The van der Waals surface area contributed by atoms with Crippen molar-refractivity contribution in [2.45, 2.75) is 20.8 Å². The topological polar surface area (TPSA) is 99.6 Å². The largest absolute Gasteiger partial charge is 0.368 e. The molecule has 0 saturated heterocycles. The molecule has 22 heavy (non-hydrogen) atoms. The number of aryl methyl sites for hydroxylation is 1. The van der Waals surface area contributed by atoms with E-state index in [2.05, 4.69) is 35.9 Å². The van der Waals surface area contributed by atoms with Crippen molar-refractivity contribution in [3.05, 3.63) is 39.5 Å². The normalized spacial score (nSPS) is 11.1. The minimum Gasteiger partial charge on any atom is -0.368 e. The Labute approximate surface area is 134 Å². The number of hydrogen-bond acceptors (Lipinski definition) is 6. The van der Waals surface area contributed by atoms with E-state index in [9.17, 15) is 4.79 Å². The van der Waals surface area contributed by atoms with Gasteiger partial charge in [0.15, 0.2) is 5.65 Å². The summed E-state index contributed by atoms with van der Waals surface area (Å²) < 4.78 is 1.79. The number of fused-ring (bicyclic) bond motifs is 1. The molecule has 0 aliphatic rings. The zero-order valence-electron chi connectivity index (χ0n) is 12.3. The number of nitrogens with two attached hydrogens (primary N) is 1. The van der Waals surface area contributed by atoms with Crippen molar-refractivity contribution < 1.29 is 4.79 Å². The molecule has 3 heterocycles. The molecule has 7 nitrogen and oxygen atoms in total. The van der Waals surface area contributed by atoms with Gasteiger partial charge in [0, 0.05) is 6.20 Å². The number of halogens is 1. The summed E-state index contributed by atoms with van der Waals surface area (Å²) in [5.41, 5.74) is 9.76. The van der Waals surface area contributed by atoms with Crippen molar-refractivity contribution in [3.63, 3.8) is 0 Å². The number of carbonyl (C=O) groups is 1. The van der Waals surface area contributed by atoms with E-state index in [4.69, 9.17) is 5.73 Å². The predicted octanol–water partition coefficient (Wildman–Crippen LogP) is 2.18. The third-order valence-corrected chi connectivity index (χ3v) is 4.24. The van der Waals surface area contributed by atoms with E-state index in [1.165, 1.54) is 10.9 Å². The van der Waals surface area contributed by atoms with Crippen LogP contribution in [-0.4, -0.2) is 30.4 Å². The quantitative estimate of drug-likeness (QED) is 0.667. The van der Waals surface area contributed by atoms with E-state index in [0.717, 1.165) is 16.7 Å². The van der Waals surface area contributed by atoms with Crippen molar-refractivity contribution in [2.24, 2.45) is 0 Å². The zero-order valence-corrected chi connectivity index (χ0v) is 13.8. The van der Waals surface area contributed by atoms with Crippen LogP contribution >= 0.6 is 15.9 Å². The fourth-order valence-electron chi connectivity index (χ4n) is 2.19. The number of rotatable bonds is 1. The summed E-state index contributed by atoms with van der Waals surface area (Å²) in [5, 5.41) is 0. The van der Waals surface area contributed by atoms with Gasteiger partial charge in [0.2, 0.25) is 5.95 Å². The smallest absolute Gasteiger partial charge is 0.283 e. The molecule has 0 aromatic carbocycles. The van der Waals surface area contributed by atoms with Gasteiger partial charge in [0.1, 0.15) is 22.1 Å². The third kappa shape index (κ3) is 2.16. The zero-order chi connectivity index (χ0) is 16.0.